The molecule has 1 saturated carbocycles. The number of hydrogen-bond donors (Lipinski definition) is 13. The van der Waals surface area contributed by atoms with E-state index >= 15 is 0 Å². The fraction of sp³-hybridized carbons (Fsp3) is 0.906. The number of unbranched alkanes of at least 4 members (excludes halogenated alkanes) is 24. The quantitative estimate of drug-likeness (QED) is 0.0171. The zero-order valence-corrected chi connectivity index (χ0v) is 46.9. The Kier molecular flexibility index (Phi) is 36.6. The van der Waals surface area contributed by atoms with E-state index in [0.717, 1.165) is 58.5 Å². The standard InChI is InChI=1S/C53H99N2O21P/c1-4-6-8-10-12-14-16-18-19-20-22-24-26-28-30-32-41(60)54-37(38(57)31-29-27-25-23-21-17-15-13-11-9-7-5-2)34-73-77(69,70)76-50-46(64)44(62)45(63)49(47(50)65)75-53(51(66)67)33-39(58)42(55-52(68)72-36-56)48(74-53)43(61)40(59)35-71-3/h29,31,37-40,42-50,56-59,61-65H,4-28,30,32-36H2,1-3H3,(H,54,60)(H,55,68)(H,66,67)(H,69,70)/b31-29+/t37-,38+,39-,40?,42+,43+,44-,45-,46+,47+,48?,49+,50-,53-/m0/s1. The lowest BCUT2D eigenvalue weighted by Crippen LogP contribution is -2.71. The first-order valence-corrected chi connectivity index (χ1v) is 30.0. The van der Waals surface area contributed by atoms with Crippen molar-refractivity contribution in [3.63, 3.8) is 0 Å². The zero-order valence-electron chi connectivity index (χ0n) is 46.0. The molecule has 2 aliphatic rings. The summed E-state index contributed by atoms with van der Waals surface area (Å²) in [7, 11) is -4.35. The average molecular weight is 1130 g/mol. The van der Waals surface area contributed by atoms with Crippen LogP contribution in [0.25, 0.3) is 0 Å². The number of methoxy groups -OCH3 is 1. The fourth-order valence-corrected chi connectivity index (χ4v) is 10.7. The maximum Gasteiger partial charge on any atom is 0.472 e. The van der Waals surface area contributed by atoms with Gasteiger partial charge in [-0.3, -0.25) is 13.8 Å². The van der Waals surface area contributed by atoms with Crippen molar-refractivity contribution < 1.29 is 103 Å². The molecule has 0 aromatic heterocycles. The van der Waals surface area contributed by atoms with Crippen LogP contribution in [0.5, 0.6) is 0 Å². The van der Waals surface area contributed by atoms with Crippen LogP contribution < -0.4 is 10.6 Å². The zero-order chi connectivity index (χ0) is 57.2. The molecule has 2 rings (SSSR count). The van der Waals surface area contributed by atoms with E-state index in [1.54, 1.807) is 6.08 Å². The number of allylic oxidation sites excluding steroid dienone is 1. The van der Waals surface area contributed by atoms with Gasteiger partial charge in [-0.05, 0) is 19.3 Å². The van der Waals surface area contributed by atoms with Gasteiger partial charge in [0.25, 0.3) is 5.79 Å². The Balaban J connectivity index is 2.16. The van der Waals surface area contributed by atoms with Gasteiger partial charge in [-0.1, -0.05) is 174 Å². The van der Waals surface area contributed by atoms with Gasteiger partial charge in [0.05, 0.1) is 37.5 Å². The van der Waals surface area contributed by atoms with E-state index in [4.69, 9.17) is 28.4 Å². The number of carbonyl (C=O) groups is 3. The maximum absolute atomic E-state index is 13.6. The number of carboxylic acids is 1. The third-order valence-electron chi connectivity index (χ3n) is 14.3. The van der Waals surface area contributed by atoms with Crippen LogP contribution in [0.1, 0.15) is 194 Å². The number of hydrogen-bond acceptors (Lipinski definition) is 19. The largest absolute Gasteiger partial charge is 0.477 e. The molecule has 15 atom stereocenters. The van der Waals surface area contributed by atoms with Crippen LogP contribution in [0.15, 0.2) is 12.2 Å². The lowest BCUT2D eigenvalue weighted by Gasteiger charge is -2.50. The first-order valence-electron chi connectivity index (χ1n) is 28.5. The minimum Gasteiger partial charge on any atom is -0.477 e. The Morgan fingerprint density at radius 3 is 1.69 bits per heavy atom. The van der Waals surface area contributed by atoms with Crippen molar-refractivity contribution >= 4 is 25.8 Å². The molecule has 0 aromatic carbocycles. The minimum atomic E-state index is -5.50. The Hall–Kier alpha value is -2.42. The number of aliphatic carboxylic acids is 1. The van der Waals surface area contributed by atoms with Crippen molar-refractivity contribution in [2.45, 2.75) is 279 Å². The number of phosphoric acid groups is 1. The summed E-state index contributed by atoms with van der Waals surface area (Å²) in [6, 6.07) is -3.09. The summed E-state index contributed by atoms with van der Waals surface area (Å²) < 4.78 is 44.4. The third kappa shape index (κ3) is 26.8. The number of rotatable bonds is 44. The highest BCUT2D eigenvalue weighted by atomic mass is 31.2. The molecule has 1 saturated heterocycles. The molecule has 2 fully saturated rings. The molecule has 1 aliphatic carbocycles. The summed E-state index contributed by atoms with van der Waals surface area (Å²) in [4.78, 5) is 49.4. The van der Waals surface area contributed by atoms with Crippen LogP contribution in [0, 0.1) is 0 Å². The number of aliphatic hydroxyl groups is 9. The lowest BCUT2D eigenvalue weighted by molar-refractivity contribution is -0.350. The van der Waals surface area contributed by atoms with Crippen LogP contribution in [0.2, 0.25) is 0 Å². The first-order chi connectivity index (χ1) is 36.8. The predicted molar refractivity (Wildman–Crippen MR) is 283 cm³/mol. The minimum absolute atomic E-state index is 0.0958. The van der Waals surface area contributed by atoms with E-state index in [0.29, 0.717) is 12.8 Å². The highest BCUT2D eigenvalue weighted by Gasteiger charge is 2.61. The van der Waals surface area contributed by atoms with Crippen LogP contribution in [0.3, 0.4) is 0 Å². The molecule has 0 spiro atoms. The summed E-state index contributed by atoms with van der Waals surface area (Å²) in [6.07, 6.45) is 5.80. The highest BCUT2D eigenvalue weighted by Crippen LogP contribution is 2.48. The molecule has 3 unspecified atom stereocenters. The Bertz CT molecular complexity index is 1670. The number of alkyl carbamates (subject to hydrolysis) is 1. The van der Waals surface area contributed by atoms with Gasteiger partial charge in [0, 0.05) is 20.0 Å². The van der Waals surface area contributed by atoms with E-state index in [1.165, 1.54) is 109 Å². The van der Waals surface area contributed by atoms with Gasteiger partial charge in [-0.15, -0.1) is 0 Å². The normalized spacial score (nSPS) is 27.2. The van der Waals surface area contributed by atoms with Crippen LogP contribution >= 0.6 is 7.82 Å². The molecular formula is C53H99N2O21P. The number of nitrogens with one attached hydrogen (secondary N) is 2. The number of carbonyl (C=O) groups excluding carboxylic acids is 2. The van der Waals surface area contributed by atoms with Crippen molar-refractivity contribution in [3.05, 3.63) is 12.2 Å². The molecule has 1 aliphatic heterocycles. The van der Waals surface area contributed by atoms with Crippen molar-refractivity contribution in [3.8, 4) is 0 Å². The number of ether oxygens (including phenoxy) is 4. The number of phosphoric ester groups is 1. The van der Waals surface area contributed by atoms with E-state index < -0.39 is 137 Å². The van der Waals surface area contributed by atoms with Crippen LogP contribution in [0.4, 0.5) is 4.79 Å². The van der Waals surface area contributed by atoms with Crippen molar-refractivity contribution in [2.75, 3.05) is 27.1 Å². The van der Waals surface area contributed by atoms with Gasteiger partial charge in [-0.2, -0.15) is 0 Å². The molecule has 13 N–H and O–H groups in total. The lowest BCUT2D eigenvalue weighted by atomic mass is 9.84. The molecule has 77 heavy (non-hydrogen) atoms. The number of amides is 2. The summed E-state index contributed by atoms with van der Waals surface area (Å²) in [6.45, 7) is 1.85. The van der Waals surface area contributed by atoms with E-state index in [1.807, 2.05) is 0 Å². The topological polar surface area (TPSA) is 370 Å². The summed E-state index contributed by atoms with van der Waals surface area (Å²) in [5.74, 6) is -5.76. The summed E-state index contributed by atoms with van der Waals surface area (Å²) in [5.41, 5.74) is 0. The number of carboxylic acid groups (broad SMARTS) is 1. The van der Waals surface area contributed by atoms with Crippen LogP contribution in [-0.2, 0) is 42.1 Å². The molecular weight excluding hydrogens is 1030 g/mol. The summed E-state index contributed by atoms with van der Waals surface area (Å²) >= 11 is 0. The number of aliphatic hydroxyl groups excluding tert-OH is 9. The van der Waals surface area contributed by atoms with Crippen molar-refractivity contribution in [1.82, 2.24) is 10.6 Å². The third-order valence-corrected chi connectivity index (χ3v) is 15.3. The smallest absolute Gasteiger partial charge is 0.472 e. The Morgan fingerprint density at radius 2 is 1.19 bits per heavy atom. The fourth-order valence-electron chi connectivity index (χ4n) is 9.72. The molecule has 0 aromatic rings. The van der Waals surface area contributed by atoms with Crippen molar-refractivity contribution in [1.29, 1.82) is 0 Å². The van der Waals surface area contributed by atoms with E-state index in [2.05, 4.69) is 29.2 Å². The SMILES string of the molecule is CCCCCCCCCCCC/C=C/[C@@H](O)[C@H](COP(=O)(O)O[C@@H]1[C@H](O)[C@H](O[C@]2(C(=O)O)C[C@H](O)[C@@H](NC(=O)OCO)C([C@H](O)C(O)COC)O2)[C@@H](O)[C@H](O)[C@H]1O)NC(=O)CCCCCCCCCCCCCCCCC. The van der Waals surface area contributed by atoms with Gasteiger partial charge in [-0.25, -0.2) is 14.2 Å². The van der Waals surface area contributed by atoms with Gasteiger partial charge >= 0.3 is 19.9 Å². The second-order valence-electron chi connectivity index (χ2n) is 20.8. The molecule has 1 heterocycles. The second kappa shape index (κ2) is 39.9. The van der Waals surface area contributed by atoms with Gasteiger partial charge in [0.2, 0.25) is 5.91 Å². The predicted octanol–water partition coefficient (Wildman–Crippen LogP) is 4.65. The van der Waals surface area contributed by atoms with E-state index in [-0.39, 0.29) is 6.42 Å². The first kappa shape index (κ1) is 70.7. The van der Waals surface area contributed by atoms with Gasteiger partial charge in [0.15, 0.2) is 6.79 Å². The second-order valence-corrected chi connectivity index (χ2v) is 22.2. The molecule has 23 nitrogen and oxygen atoms in total. The molecule has 2 amide bonds. The molecule has 0 radical (unpaired) electrons. The van der Waals surface area contributed by atoms with Crippen molar-refractivity contribution in [2.24, 2.45) is 0 Å². The van der Waals surface area contributed by atoms with Crippen LogP contribution in [-0.4, -0.2) is 186 Å². The van der Waals surface area contributed by atoms with E-state index in [9.17, 15) is 69.8 Å². The summed E-state index contributed by atoms with van der Waals surface area (Å²) in [5, 5.41) is 113. The Labute approximate surface area is 456 Å². The van der Waals surface area contributed by atoms with Gasteiger partial charge in [0.1, 0.15) is 54.9 Å². The monoisotopic (exact) mass is 1130 g/mol. The highest BCUT2D eigenvalue weighted by molar-refractivity contribution is 7.47. The Morgan fingerprint density at radius 1 is 0.701 bits per heavy atom. The van der Waals surface area contributed by atoms with Gasteiger partial charge < -0.3 is 85.5 Å². The average Bonchev–Trinajstić information content (AvgIpc) is 3.40. The molecule has 24 heteroatoms. The maximum atomic E-state index is 13.6. The molecule has 0 bridgehead atoms. The molecule has 452 valence electrons.